The standard InChI is InChI=1S/C9H11FN2OS/c1-14-5-9(13)12-8-3-6(10)2-7(11)4-8/h2-4H,5,11H2,1H3,(H,12,13). The average Bonchev–Trinajstić information content (AvgIpc) is 2.01. The van der Waals surface area contributed by atoms with E-state index in [2.05, 4.69) is 5.32 Å². The molecule has 0 saturated carbocycles. The fraction of sp³-hybridized carbons (Fsp3) is 0.222. The van der Waals surface area contributed by atoms with E-state index in [-0.39, 0.29) is 5.91 Å². The third-order valence-electron chi connectivity index (χ3n) is 1.48. The van der Waals surface area contributed by atoms with Crippen LogP contribution in [-0.2, 0) is 4.79 Å². The Bertz CT molecular complexity index is 323. The maximum atomic E-state index is 12.8. The summed E-state index contributed by atoms with van der Waals surface area (Å²) in [5.74, 6) is -0.275. The lowest BCUT2D eigenvalue weighted by Gasteiger charge is -2.04. The summed E-state index contributed by atoms with van der Waals surface area (Å²) in [5, 5.41) is 2.54. The van der Waals surface area contributed by atoms with E-state index in [4.69, 9.17) is 5.73 Å². The molecule has 76 valence electrons. The van der Waals surface area contributed by atoms with Crippen LogP contribution in [0.5, 0.6) is 0 Å². The Labute approximate surface area is 85.9 Å². The number of halogens is 1. The van der Waals surface area contributed by atoms with Gasteiger partial charge in [-0.3, -0.25) is 4.79 Å². The SMILES string of the molecule is CSCC(=O)Nc1cc(N)cc(F)c1. The van der Waals surface area contributed by atoms with Crippen LogP contribution in [0.25, 0.3) is 0 Å². The van der Waals surface area contributed by atoms with Crippen LogP contribution < -0.4 is 11.1 Å². The van der Waals surface area contributed by atoms with E-state index in [1.165, 1.54) is 30.0 Å². The Hall–Kier alpha value is -1.23. The molecule has 5 heteroatoms. The number of anilines is 2. The maximum Gasteiger partial charge on any atom is 0.234 e. The molecule has 1 aromatic rings. The molecule has 0 unspecified atom stereocenters. The van der Waals surface area contributed by atoms with Gasteiger partial charge in [0.05, 0.1) is 5.75 Å². The van der Waals surface area contributed by atoms with Gasteiger partial charge in [0.25, 0.3) is 0 Å². The van der Waals surface area contributed by atoms with Crippen molar-refractivity contribution in [3.63, 3.8) is 0 Å². The summed E-state index contributed by atoms with van der Waals surface area (Å²) < 4.78 is 12.8. The summed E-state index contributed by atoms with van der Waals surface area (Å²) in [6, 6.07) is 3.94. The monoisotopic (exact) mass is 214 g/mol. The molecule has 0 bridgehead atoms. The van der Waals surface area contributed by atoms with Gasteiger partial charge in [0.2, 0.25) is 5.91 Å². The summed E-state index contributed by atoms with van der Waals surface area (Å²) in [7, 11) is 0. The molecule has 0 fully saturated rings. The zero-order chi connectivity index (χ0) is 10.6. The Kier molecular flexibility index (Phi) is 3.76. The molecule has 0 aliphatic rings. The smallest absolute Gasteiger partial charge is 0.234 e. The third kappa shape index (κ3) is 3.26. The van der Waals surface area contributed by atoms with E-state index in [1.54, 1.807) is 0 Å². The zero-order valence-corrected chi connectivity index (χ0v) is 8.53. The predicted octanol–water partition coefficient (Wildman–Crippen LogP) is 1.71. The summed E-state index contributed by atoms with van der Waals surface area (Å²) in [6.45, 7) is 0. The lowest BCUT2D eigenvalue weighted by atomic mass is 10.2. The molecule has 1 rings (SSSR count). The van der Waals surface area contributed by atoms with Crippen molar-refractivity contribution in [3.8, 4) is 0 Å². The first-order valence-electron chi connectivity index (χ1n) is 3.96. The molecule has 1 aromatic carbocycles. The largest absolute Gasteiger partial charge is 0.399 e. The van der Waals surface area contributed by atoms with Crippen molar-refractivity contribution < 1.29 is 9.18 Å². The Morgan fingerprint density at radius 1 is 1.57 bits per heavy atom. The molecule has 3 N–H and O–H groups in total. The number of hydrogen-bond donors (Lipinski definition) is 2. The van der Waals surface area contributed by atoms with E-state index in [9.17, 15) is 9.18 Å². The topological polar surface area (TPSA) is 55.1 Å². The van der Waals surface area contributed by atoms with E-state index in [0.29, 0.717) is 17.1 Å². The number of amides is 1. The van der Waals surface area contributed by atoms with Crippen LogP contribution in [0, 0.1) is 5.82 Å². The third-order valence-corrected chi connectivity index (χ3v) is 2.03. The Balaban J connectivity index is 2.71. The van der Waals surface area contributed by atoms with Crippen molar-refractivity contribution in [1.29, 1.82) is 0 Å². The van der Waals surface area contributed by atoms with Gasteiger partial charge < -0.3 is 11.1 Å². The molecule has 14 heavy (non-hydrogen) atoms. The minimum Gasteiger partial charge on any atom is -0.399 e. The van der Waals surface area contributed by atoms with Crippen molar-refractivity contribution in [1.82, 2.24) is 0 Å². The number of hydrogen-bond acceptors (Lipinski definition) is 3. The van der Waals surface area contributed by atoms with Gasteiger partial charge in [-0.1, -0.05) is 0 Å². The fourth-order valence-corrected chi connectivity index (χ4v) is 1.35. The number of nitrogen functional groups attached to an aromatic ring is 1. The second-order valence-electron chi connectivity index (χ2n) is 2.75. The normalized spacial score (nSPS) is 9.86. The summed E-state index contributed by atoms with van der Waals surface area (Å²) >= 11 is 1.40. The average molecular weight is 214 g/mol. The van der Waals surface area contributed by atoms with Crippen LogP contribution in [-0.4, -0.2) is 17.9 Å². The molecule has 0 aromatic heterocycles. The molecule has 0 radical (unpaired) electrons. The lowest BCUT2D eigenvalue weighted by molar-refractivity contribution is -0.113. The van der Waals surface area contributed by atoms with Crippen molar-refractivity contribution in [3.05, 3.63) is 24.0 Å². The van der Waals surface area contributed by atoms with Crippen molar-refractivity contribution >= 4 is 29.0 Å². The first kappa shape index (κ1) is 10.8. The van der Waals surface area contributed by atoms with E-state index in [1.807, 2.05) is 6.26 Å². The lowest BCUT2D eigenvalue weighted by Crippen LogP contribution is -2.14. The predicted molar refractivity (Wildman–Crippen MR) is 57.8 cm³/mol. The second kappa shape index (κ2) is 4.85. The van der Waals surface area contributed by atoms with Crippen LogP contribution in [0.1, 0.15) is 0 Å². The van der Waals surface area contributed by atoms with Crippen LogP contribution in [0.15, 0.2) is 18.2 Å². The van der Waals surface area contributed by atoms with Crippen molar-refractivity contribution in [2.24, 2.45) is 0 Å². The highest BCUT2D eigenvalue weighted by atomic mass is 32.2. The van der Waals surface area contributed by atoms with E-state index >= 15 is 0 Å². The Morgan fingerprint density at radius 3 is 2.86 bits per heavy atom. The van der Waals surface area contributed by atoms with Crippen LogP contribution in [0.3, 0.4) is 0 Å². The minimum absolute atomic E-state index is 0.164. The molecule has 0 aliphatic heterocycles. The molecule has 0 saturated heterocycles. The van der Waals surface area contributed by atoms with Crippen LogP contribution >= 0.6 is 11.8 Å². The molecule has 0 heterocycles. The second-order valence-corrected chi connectivity index (χ2v) is 3.62. The first-order valence-corrected chi connectivity index (χ1v) is 5.36. The van der Waals surface area contributed by atoms with E-state index < -0.39 is 5.82 Å². The highest BCUT2D eigenvalue weighted by Gasteiger charge is 2.03. The number of carbonyl (C=O) groups excluding carboxylic acids is 1. The molecule has 3 nitrogen and oxygen atoms in total. The molecule has 1 amide bonds. The van der Waals surface area contributed by atoms with Crippen LogP contribution in [0.2, 0.25) is 0 Å². The highest BCUT2D eigenvalue weighted by Crippen LogP contribution is 2.15. The van der Waals surface area contributed by atoms with Gasteiger partial charge in [-0.25, -0.2) is 4.39 Å². The molecular weight excluding hydrogens is 203 g/mol. The molecule has 0 atom stereocenters. The summed E-state index contributed by atoms with van der Waals surface area (Å²) in [5.41, 5.74) is 6.10. The quantitative estimate of drug-likeness (QED) is 0.753. The van der Waals surface area contributed by atoms with Crippen molar-refractivity contribution in [2.45, 2.75) is 0 Å². The zero-order valence-electron chi connectivity index (χ0n) is 7.71. The number of rotatable bonds is 3. The number of nitrogens with two attached hydrogens (primary N) is 1. The Morgan fingerprint density at radius 2 is 2.29 bits per heavy atom. The first-order chi connectivity index (χ1) is 6.61. The van der Waals surface area contributed by atoms with Gasteiger partial charge in [0.15, 0.2) is 0 Å². The number of thioether (sulfide) groups is 1. The van der Waals surface area contributed by atoms with Gasteiger partial charge in [0.1, 0.15) is 5.82 Å². The minimum atomic E-state index is -0.454. The highest BCUT2D eigenvalue weighted by molar-refractivity contribution is 7.99. The molecular formula is C9H11FN2OS. The molecule has 0 spiro atoms. The van der Waals surface area contributed by atoms with Gasteiger partial charge >= 0.3 is 0 Å². The van der Waals surface area contributed by atoms with Gasteiger partial charge in [-0.2, -0.15) is 11.8 Å². The van der Waals surface area contributed by atoms with Gasteiger partial charge in [0, 0.05) is 11.4 Å². The molecule has 0 aliphatic carbocycles. The summed E-state index contributed by atoms with van der Waals surface area (Å²) in [6.07, 6.45) is 1.82. The van der Waals surface area contributed by atoms with Crippen molar-refractivity contribution in [2.75, 3.05) is 23.1 Å². The number of benzene rings is 1. The van der Waals surface area contributed by atoms with Gasteiger partial charge in [-0.05, 0) is 24.5 Å². The van der Waals surface area contributed by atoms with E-state index in [0.717, 1.165) is 0 Å². The fourth-order valence-electron chi connectivity index (χ4n) is 1.01. The number of nitrogens with one attached hydrogen (secondary N) is 1. The summed E-state index contributed by atoms with van der Waals surface area (Å²) in [4.78, 5) is 11.1. The number of carbonyl (C=O) groups is 1. The van der Waals surface area contributed by atoms with Crippen LogP contribution in [0.4, 0.5) is 15.8 Å². The maximum absolute atomic E-state index is 12.8. The van der Waals surface area contributed by atoms with Gasteiger partial charge in [-0.15, -0.1) is 0 Å².